The molecule has 0 spiro atoms. The summed E-state index contributed by atoms with van der Waals surface area (Å²) in [5.41, 5.74) is -0.227. The third-order valence-electron chi connectivity index (χ3n) is 5.42. The predicted octanol–water partition coefficient (Wildman–Crippen LogP) is 2.01. The number of likely N-dealkylation sites (tertiary alicyclic amines) is 1. The minimum absolute atomic E-state index is 0.0298. The van der Waals surface area contributed by atoms with Crippen LogP contribution in [0.15, 0.2) is 10.6 Å². The fourth-order valence-corrected chi connectivity index (χ4v) is 4.79. The van der Waals surface area contributed by atoms with E-state index in [2.05, 4.69) is 10.5 Å². The molecule has 0 radical (unpaired) electrons. The summed E-state index contributed by atoms with van der Waals surface area (Å²) in [6.45, 7) is 6.79. The topological polar surface area (TPSA) is 113 Å². The number of hydrogen-bond acceptors (Lipinski definition) is 6. The lowest BCUT2D eigenvalue weighted by molar-refractivity contribution is -0.120. The van der Waals surface area contributed by atoms with Crippen LogP contribution in [0.2, 0.25) is 0 Å². The fraction of sp³-hybridized carbons (Fsp3) is 0.737. The maximum absolute atomic E-state index is 13.1. The second-order valence-corrected chi connectivity index (χ2v) is 11.1. The molecule has 2 aliphatic heterocycles. The third kappa shape index (κ3) is 5.29. The lowest BCUT2D eigenvalue weighted by Crippen LogP contribution is -2.55. The quantitative estimate of drug-likeness (QED) is 0.774. The van der Waals surface area contributed by atoms with E-state index in [1.54, 1.807) is 15.9 Å². The van der Waals surface area contributed by atoms with Crippen molar-refractivity contribution in [2.45, 2.75) is 57.9 Å². The first kappa shape index (κ1) is 21.6. The van der Waals surface area contributed by atoms with Gasteiger partial charge in [0.1, 0.15) is 11.8 Å². The third-order valence-corrected chi connectivity index (χ3v) is 7.03. The molecular weight excluding hydrogens is 396 g/mol. The number of urea groups is 1. The van der Waals surface area contributed by atoms with Crippen molar-refractivity contribution in [1.29, 1.82) is 0 Å². The lowest BCUT2D eigenvalue weighted by atomic mass is 9.93. The lowest BCUT2D eigenvalue weighted by Gasteiger charge is -2.35. The molecule has 10 heteroatoms. The molecule has 2 fully saturated rings. The van der Waals surface area contributed by atoms with Crippen molar-refractivity contribution in [3.8, 4) is 0 Å². The molecule has 3 rings (SSSR count). The molecular formula is C19H30N4O5S. The van der Waals surface area contributed by atoms with E-state index in [0.717, 1.165) is 19.3 Å². The maximum atomic E-state index is 13.1. The van der Waals surface area contributed by atoms with Crippen LogP contribution in [0, 0.1) is 0 Å². The van der Waals surface area contributed by atoms with Crippen LogP contribution < -0.4 is 5.32 Å². The summed E-state index contributed by atoms with van der Waals surface area (Å²) in [7, 11) is -3.08. The van der Waals surface area contributed by atoms with Crippen molar-refractivity contribution >= 4 is 27.6 Å². The van der Waals surface area contributed by atoms with Gasteiger partial charge in [-0.05, 0) is 12.8 Å². The number of carbonyl (C=O) groups excluding carboxylic acids is 2. The number of hydrogen-bond donors (Lipinski definition) is 1. The van der Waals surface area contributed by atoms with Gasteiger partial charge in [0.2, 0.25) is 5.91 Å². The van der Waals surface area contributed by atoms with Crippen LogP contribution in [-0.2, 0) is 20.0 Å². The zero-order chi connectivity index (χ0) is 21.2. The molecule has 1 unspecified atom stereocenters. The maximum Gasteiger partial charge on any atom is 0.320 e. The molecule has 1 aromatic rings. The highest BCUT2D eigenvalue weighted by Gasteiger charge is 2.36. The zero-order valence-corrected chi connectivity index (χ0v) is 18.1. The SMILES string of the molecule is CC(C)(C)c1cc(NC(=O)C2CCCCCN2C(=O)N2CCS(=O)(=O)CC2)no1. The van der Waals surface area contributed by atoms with Crippen LogP contribution >= 0.6 is 0 Å². The van der Waals surface area contributed by atoms with Gasteiger partial charge >= 0.3 is 6.03 Å². The van der Waals surface area contributed by atoms with Gasteiger partial charge in [0.25, 0.3) is 0 Å². The van der Waals surface area contributed by atoms with E-state index in [1.165, 1.54) is 0 Å². The molecule has 0 aliphatic carbocycles. The first-order valence-corrected chi connectivity index (χ1v) is 11.9. The van der Waals surface area contributed by atoms with E-state index in [0.29, 0.717) is 24.5 Å². The van der Waals surface area contributed by atoms with Gasteiger partial charge in [0.15, 0.2) is 15.7 Å². The Morgan fingerprint density at radius 1 is 1.14 bits per heavy atom. The van der Waals surface area contributed by atoms with Gasteiger partial charge in [0, 0.05) is 31.1 Å². The molecule has 3 heterocycles. The Morgan fingerprint density at radius 2 is 1.83 bits per heavy atom. The van der Waals surface area contributed by atoms with Gasteiger partial charge in [0.05, 0.1) is 11.5 Å². The minimum Gasteiger partial charge on any atom is -0.359 e. The first-order chi connectivity index (χ1) is 13.6. The van der Waals surface area contributed by atoms with E-state index in [9.17, 15) is 18.0 Å². The highest BCUT2D eigenvalue weighted by atomic mass is 32.2. The molecule has 0 bridgehead atoms. The molecule has 1 aromatic heterocycles. The molecule has 0 aromatic carbocycles. The Morgan fingerprint density at radius 3 is 2.45 bits per heavy atom. The van der Waals surface area contributed by atoms with Crippen molar-refractivity contribution in [3.63, 3.8) is 0 Å². The predicted molar refractivity (Wildman–Crippen MR) is 108 cm³/mol. The van der Waals surface area contributed by atoms with Crippen LogP contribution in [-0.4, -0.2) is 72.5 Å². The van der Waals surface area contributed by atoms with Crippen molar-refractivity contribution in [3.05, 3.63) is 11.8 Å². The van der Waals surface area contributed by atoms with Gasteiger partial charge in [-0.1, -0.05) is 38.8 Å². The number of aromatic nitrogens is 1. The minimum atomic E-state index is -3.08. The Bertz CT molecular complexity index is 844. The molecule has 2 aliphatic rings. The zero-order valence-electron chi connectivity index (χ0n) is 17.3. The van der Waals surface area contributed by atoms with Crippen molar-refractivity contribution < 1.29 is 22.5 Å². The summed E-state index contributed by atoms with van der Waals surface area (Å²) in [6, 6.07) is 0.826. The summed E-state index contributed by atoms with van der Waals surface area (Å²) in [6.07, 6.45) is 3.18. The first-order valence-electron chi connectivity index (χ1n) is 10.1. The Kier molecular flexibility index (Phi) is 6.21. The van der Waals surface area contributed by atoms with Crippen LogP contribution in [0.1, 0.15) is 52.2 Å². The van der Waals surface area contributed by atoms with E-state index in [4.69, 9.17) is 4.52 Å². The largest absolute Gasteiger partial charge is 0.359 e. The molecule has 162 valence electrons. The van der Waals surface area contributed by atoms with Gasteiger partial charge in [-0.3, -0.25) is 4.79 Å². The van der Waals surface area contributed by atoms with Crippen LogP contribution in [0.3, 0.4) is 0 Å². The summed E-state index contributed by atoms with van der Waals surface area (Å²) in [5, 5.41) is 6.71. The number of rotatable bonds is 2. The summed E-state index contributed by atoms with van der Waals surface area (Å²) in [4.78, 5) is 29.2. The van der Waals surface area contributed by atoms with Crippen molar-refractivity contribution in [1.82, 2.24) is 15.0 Å². The molecule has 29 heavy (non-hydrogen) atoms. The number of carbonyl (C=O) groups is 2. The number of anilines is 1. The van der Waals surface area contributed by atoms with Crippen LogP contribution in [0.4, 0.5) is 10.6 Å². The Labute approximate surface area is 171 Å². The summed E-state index contributed by atoms with van der Waals surface area (Å²) < 4.78 is 28.7. The molecule has 9 nitrogen and oxygen atoms in total. The van der Waals surface area contributed by atoms with E-state index < -0.39 is 15.9 Å². The van der Waals surface area contributed by atoms with Gasteiger partial charge in [-0.2, -0.15) is 0 Å². The average Bonchev–Trinajstić information content (AvgIpc) is 2.97. The highest BCUT2D eigenvalue weighted by molar-refractivity contribution is 7.91. The number of nitrogens with one attached hydrogen (secondary N) is 1. The Hall–Kier alpha value is -2.10. The normalized spacial score (nSPS) is 22.8. The van der Waals surface area contributed by atoms with Gasteiger partial charge in [-0.15, -0.1) is 0 Å². The summed E-state index contributed by atoms with van der Waals surface area (Å²) >= 11 is 0. The van der Waals surface area contributed by atoms with E-state index >= 15 is 0 Å². The average molecular weight is 427 g/mol. The van der Waals surface area contributed by atoms with Crippen molar-refractivity contribution in [2.75, 3.05) is 36.5 Å². The van der Waals surface area contributed by atoms with Crippen LogP contribution in [0.25, 0.3) is 0 Å². The van der Waals surface area contributed by atoms with Crippen LogP contribution in [0.5, 0.6) is 0 Å². The number of amides is 3. The Balaban J connectivity index is 1.71. The highest BCUT2D eigenvalue weighted by Crippen LogP contribution is 2.25. The molecule has 0 saturated carbocycles. The summed E-state index contributed by atoms with van der Waals surface area (Å²) in [5.74, 6) is 0.644. The second-order valence-electron chi connectivity index (χ2n) is 8.80. The van der Waals surface area contributed by atoms with Gasteiger partial charge < -0.3 is 19.6 Å². The van der Waals surface area contributed by atoms with Gasteiger partial charge in [-0.25, -0.2) is 13.2 Å². The second kappa shape index (κ2) is 8.33. The molecule has 2 saturated heterocycles. The smallest absolute Gasteiger partial charge is 0.320 e. The monoisotopic (exact) mass is 426 g/mol. The number of sulfone groups is 1. The fourth-order valence-electron chi connectivity index (χ4n) is 3.59. The molecule has 1 atom stereocenters. The van der Waals surface area contributed by atoms with E-state index in [1.807, 2.05) is 20.8 Å². The van der Waals surface area contributed by atoms with E-state index in [-0.39, 0.29) is 41.9 Å². The molecule has 3 amide bonds. The number of nitrogens with zero attached hydrogens (tertiary/aromatic N) is 3. The standard InChI is InChI=1S/C19H30N4O5S/c1-19(2,3)15-13-16(21-28-15)20-17(24)14-7-5-4-6-8-23(14)18(25)22-9-11-29(26,27)12-10-22/h13-14H,4-12H2,1-3H3,(H,20,21,24). The van der Waals surface area contributed by atoms with Crippen molar-refractivity contribution in [2.24, 2.45) is 0 Å². The molecule has 1 N–H and O–H groups in total.